The lowest BCUT2D eigenvalue weighted by Crippen LogP contribution is -2.33. The zero-order valence-electron chi connectivity index (χ0n) is 14.0. The fraction of sp³-hybridized carbons (Fsp3) is 0.235. The van der Waals surface area contributed by atoms with Crippen LogP contribution in [-0.4, -0.2) is 34.1 Å². The Hall–Kier alpha value is -2.55. The minimum atomic E-state index is -4.50. The van der Waals surface area contributed by atoms with Crippen LogP contribution in [0.15, 0.2) is 53.4 Å². The number of carbonyl (C=O) groups excluding carboxylic acids is 1. The Morgan fingerprint density at radius 3 is 2.08 bits per heavy atom. The molecule has 0 aromatic heterocycles. The Bertz CT molecular complexity index is 877. The van der Waals surface area contributed by atoms with E-state index in [-0.39, 0.29) is 16.1 Å². The number of anilines is 1. The van der Waals surface area contributed by atoms with Crippen molar-refractivity contribution in [2.24, 2.45) is 0 Å². The predicted octanol–water partition coefficient (Wildman–Crippen LogP) is 3.11. The molecule has 0 spiro atoms. The molecule has 2 aromatic carbocycles. The summed E-state index contributed by atoms with van der Waals surface area (Å²) in [5.74, 6) is -0.891. The zero-order chi connectivity index (χ0) is 19.5. The van der Waals surface area contributed by atoms with Crippen LogP contribution in [0.5, 0.6) is 0 Å². The molecule has 0 atom stereocenters. The summed E-state index contributed by atoms with van der Waals surface area (Å²) in [5.41, 5.74) is 1.19. The molecule has 1 N–H and O–H groups in total. The van der Waals surface area contributed by atoms with Gasteiger partial charge >= 0.3 is 6.18 Å². The molecule has 5 nitrogen and oxygen atoms in total. The lowest BCUT2D eigenvalue weighted by Gasteiger charge is -2.20. The summed E-state index contributed by atoms with van der Waals surface area (Å²) in [6, 6.07) is 11.6. The molecule has 0 bridgehead atoms. The monoisotopic (exact) mass is 386 g/mol. The quantitative estimate of drug-likeness (QED) is 0.859. The summed E-state index contributed by atoms with van der Waals surface area (Å²) >= 11 is 0. The smallest absolute Gasteiger partial charge is 0.343 e. The van der Waals surface area contributed by atoms with Gasteiger partial charge in [-0.15, -0.1) is 0 Å². The summed E-state index contributed by atoms with van der Waals surface area (Å²) < 4.78 is 62.6. The van der Waals surface area contributed by atoms with Gasteiger partial charge in [0, 0.05) is 12.6 Å². The van der Waals surface area contributed by atoms with Gasteiger partial charge in [-0.2, -0.15) is 13.2 Å². The van der Waals surface area contributed by atoms with Crippen LogP contribution in [0.25, 0.3) is 0 Å². The molecule has 0 saturated carbocycles. The summed E-state index contributed by atoms with van der Waals surface area (Å²) in [6.45, 7) is 0.401. The fourth-order valence-electron chi connectivity index (χ4n) is 2.11. The van der Waals surface area contributed by atoms with Crippen LogP contribution in [-0.2, 0) is 10.0 Å². The van der Waals surface area contributed by atoms with Gasteiger partial charge in [-0.25, -0.2) is 8.42 Å². The zero-order valence-corrected chi connectivity index (χ0v) is 14.9. The van der Waals surface area contributed by atoms with Crippen LogP contribution in [0.1, 0.15) is 15.9 Å². The standard InChI is InChI=1S/C17H17F3N2O3S/c1-12-3-9-15(10-4-12)26(24,25)22(2)14-7-5-13(6-8-14)16(23)21-11-17(18,19)20/h3-10H,11H2,1-2H3,(H,21,23). The Morgan fingerprint density at radius 1 is 1.04 bits per heavy atom. The van der Waals surface area contributed by atoms with Gasteiger partial charge < -0.3 is 5.32 Å². The van der Waals surface area contributed by atoms with E-state index >= 15 is 0 Å². The largest absolute Gasteiger partial charge is 0.405 e. The van der Waals surface area contributed by atoms with Crippen molar-refractivity contribution in [1.82, 2.24) is 5.32 Å². The first-order valence-electron chi connectivity index (χ1n) is 7.51. The molecule has 0 aliphatic heterocycles. The van der Waals surface area contributed by atoms with Crippen LogP contribution in [0.4, 0.5) is 18.9 Å². The molecule has 26 heavy (non-hydrogen) atoms. The third-order valence-electron chi connectivity index (χ3n) is 3.62. The SMILES string of the molecule is Cc1ccc(S(=O)(=O)N(C)c2ccc(C(=O)NCC(F)(F)F)cc2)cc1. The Balaban J connectivity index is 2.16. The van der Waals surface area contributed by atoms with Gasteiger partial charge in [-0.05, 0) is 43.3 Å². The van der Waals surface area contributed by atoms with Gasteiger partial charge in [0.2, 0.25) is 0 Å². The van der Waals surface area contributed by atoms with E-state index in [0.717, 1.165) is 9.87 Å². The topological polar surface area (TPSA) is 66.5 Å². The number of rotatable bonds is 5. The normalized spacial score (nSPS) is 11.9. The number of benzene rings is 2. The molecular formula is C17H17F3N2O3S. The number of hydrogen-bond acceptors (Lipinski definition) is 3. The molecule has 0 radical (unpaired) electrons. The highest BCUT2D eigenvalue weighted by Gasteiger charge is 2.28. The first kappa shape index (κ1) is 19.8. The van der Waals surface area contributed by atoms with E-state index in [9.17, 15) is 26.4 Å². The van der Waals surface area contributed by atoms with Crippen molar-refractivity contribution >= 4 is 21.6 Å². The second-order valence-corrected chi connectivity index (χ2v) is 7.60. The predicted molar refractivity (Wildman–Crippen MR) is 91.6 cm³/mol. The molecule has 0 aliphatic carbocycles. The van der Waals surface area contributed by atoms with Crippen LogP contribution in [0.2, 0.25) is 0 Å². The molecule has 0 fully saturated rings. The van der Waals surface area contributed by atoms with Crippen molar-refractivity contribution in [3.8, 4) is 0 Å². The number of nitrogens with zero attached hydrogens (tertiary/aromatic N) is 1. The van der Waals surface area contributed by atoms with E-state index in [2.05, 4.69) is 0 Å². The van der Waals surface area contributed by atoms with Gasteiger partial charge in [0.05, 0.1) is 10.6 Å². The number of sulfonamides is 1. The second kappa shape index (κ2) is 7.36. The van der Waals surface area contributed by atoms with E-state index in [1.165, 1.54) is 43.4 Å². The summed E-state index contributed by atoms with van der Waals surface area (Å²) in [5, 5.41) is 1.75. The maximum atomic E-state index is 12.6. The van der Waals surface area contributed by atoms with Crippen LogP contribution in [0, 0.1) is 6.92 Å². The minimum absolute atomic E-state index is 0.000802. The van der Waals surface area contributed by atoms with Gasteiger partial charge in [-0.3, -0.25) is 9.10 Å². The fourth-order valence-corrected chi connectivity index (χ4v) is 3.31. The van der Waals surface area contributed by atoms with Gasteiger partial charge in [0.25, 0.3) is 15.9 Å². The molecule has 0 unspecified atom stereocenters. The maximum Gasteiger partial charge on any atom is 0.405 e. The number of alkyl halides is 3. The van der Waals surface area contributed by atoms with Crippen LogP contribution >= 0.6 is 0 Å². The Labute approximate surface area is 149 Å². The Morgan fingerprint density at radius 2 is 1.58 bits per heavy atom. The lowest BCUT2D eigenvalue weighted by atomic mass is 10.2. The molecule has 0 heterocycles. The highest BCUT2D eigenvalue weighted by Crippen LogP contribution is 2.23. The van der Waals surface area contributed by atoms with E-state index in [0.29, 0.717) is 0 Å². The third-order valence-corrected chi connectivity index (χ3v) is 5.42. The highest BCUT2D eigenvalue weighted by molar-refractivity contribution is 7.92. The molecule has 140 valence electrons. The Kier molecular flexibility index (Phi) is 5.60. The number of carbonyl (C=O) groups is 1. The molecular weight excluding hydrogens is 369 g/mol. The first-order chi connectivity index (χ1) is 12.0. The average Bonchev–Trinajstić information content (AvgIpc) is 2.59. The molecule has 9 heteroatoms. The van der Waals surface area contributed by atoms with Crippen molar-refractivity contribution in [1.29, 1.82) is 0 Å². The second-order valence-electron chi connectivity index (χ2n) is 5.63. The van der Waals surface area contributed by atoms with E-state index in [1.54, 1.807) is 17.4 Å². The molecule has 0 aliphatic rings. The van der Waals surface area contributed by atoms with Crippen molar-refractivity contribution < 1.29 is 26.4 Å². The number of amides is 1. The molecule has 2 rings (SSSR count). The number of hydrogen-bond donors (Lipinski definition) is 1. The third kappa shape index (κ3) is 4.75. The van der Waals surface area contributed by atoms with Crippen molar-refractivity contribution in [2.75, 3.05) is 17.9 Å². The van der Waals surface area contributed by atoms with E-state index < -0.39 is 28.7 Å². The van der Waals surface area contributed by atoms with Gasteiger partial charge in [0.1, 0.15) is 6.54 Å². The van der Waals surface area contributed by atoms with Crippen molar-refractivity contribution in [3.63, 3.8) is 0 Å². The number of nitrogens with one attached hydrogen (secondary N) is 1. The average molecular weight is 386 g/mol. The first-order valence-corrected chi connectivity index (χ1v) is 8.95. The van der Waals surface area contributed by atoms with Gasteiger partial charge in [0.15, 0.2) is 0 Å². The lowest BCUT2D eigenvalue weighted by molar-refractivity contribution is -0.123. The minimum Gasteiger partial charge on any atom is -0.343 e. The van der Waals surface area contributed by atoms with E-state index in [4.69, 9.17) is 0 Å². The van der Waals surface area contributed by atoms with Crippen molar-refractivity contribution in [2.45, 2.75) is 18.0 Å². The summed E-state index contributed by atoms with van der Waals surface area (Å²) in [7, 11) is -2.43. The van der Waals surface area contributed by atoms with Gasteiger partial charge in [-0.1, -0.05) is 17.7 Å². The number of halogens is 3. The van der Waals surface area contributed by atoms with E-state index in [1.807, 2.05) is 6.92 Å². The number of aryl methyl sites for hydroxylation is 1. The molecule has 1 amide bonds. The molecule has 0 saturated heterocycles. The summed E-state index contributed by atoms with van der Waals surface area (Å²) in [6.07, 6.45) is -4.50. The van der Waals surface area contributed by atoms with Crippen LogP contribution in [0.3, 0.4) is 0 Å². The highest BCUT2D eigenvalue weighted by atomic mass is 32.2. The maximum absolute atomic E-state index is 12.6. The molecule has 2 aromatic rings. The van der Waals surface area contributed by atoms with Crippen molar-refractivity contribution in [3.05, 3.63) is 59.7 Å². The van der Waals surface area contributed by atoms with Crippen LogP contribution < -0.4 is 9.62 Å². The summed E-state index contributed by atoms with van der Waals surface area (Å²) in [4.78, 5) is 11.8.